The van der Waals surface area contributed by atoms with Crippen LogP contribution in [0, 0.1) is 0 Å². The van der Waals surface area contributed by atoms with Crippen LogP contribution in [0.2, 0.25) is 0 Å². The van der Waals surface area contributed by atoms with E-state index in [2.05, 4.69) is 34.1 Å². The van der Waals surface area contributed by atoms with E-state index in [4.69, 9.17) is 0 Å². The fourth-order valence-corrected chi connectivity index (χ4v) is 3.20. The number of likely N-dealkylation sites (tertiary alicyclic amines) is 1. The number of anilines is 1. The molecule has 2 heterocycles. The zero-order chi connectivity index (χ0) is 12.2. The monoisotopic (exact) mass is 244 g/mol. The minimum atomic E-state index is 1.14. The maximum atomic E-state index is 2.60. The van der Waals surface area contributed by atoms with Gasteiger partial charge in [-0.3, -0.25) is 4.90 Å². The van der Waals surface area contributed by atoms with Crippen LogP contribution < -0.4 is 4.90 Å². The Morgan fingerprint density at radius 2 is 1.56 bits per heavy atom. The molecule has 3 rings (SSSR count). The number of nitrogens with zero attached hydrogens (tertiary/aromatic N) is 2. The second-order valence-corrected chi connectivity index (χ2v) is 5.70. The summed E-state index contributed by atoms with van der Waals surface area (Å²) in [7, 11) is 0. The third-order valence-electron chi connectivity index (χ3n) is 4.24. The Hall–Kier alpha value is -1.02. The summed E-state index contributed by atoms with van der Waals surface area (Å²) in [5, 5.41) is 0. The maximum absolute atomic E-state index is 2.60. The van der Waals surface area contributed by atoms with Crippen molar-refractivity contribution in [3.8, 4) is 0 Å². The zero-order valence-corrected chi connectivity index (χ0v) is 11.3. The summed E-state index contributed by atoms with van der Waals surface area (Å²) in [4.78, 5) is 5.13. The Morgan fingerprint density at radius 3 is 2.33 bits per heavy atom. The standard InChI is InChI=1S/C16H24N2/c1-2-9-17(10-3-1)14-15-7-6-8-16(13-15)18-11-4-5-12-18/h6-8,13H,1-5,9-12,14H2. The van der Waals surface area contributed by atoms with E-state index in [0.717, 1.165) is 6.54 Å². The van der Waals surface area contributed by atoms with Gasteiger partial charge in [0.2, 0.25) is 0 Å². The highest BCUT2D eigenvalue weighted by atomic mass is 15.1. The summed E-state index contributed by atoms with van der Waals surface area (Å²) in [6, 6.07) is 9.19. The summed E-state index contributed by atoms with van der Waals surface area (Å²) < 4.78 is 0. The summed E-state index contributed by atoms with van der Waals surface area (Å²) in [5.41, 5.74) is 2.92. The van der Waals surface area contributed by atoms with Crippen LogP contribution in [-0.2, 0) is 6.54 Å². The summed E-state index contributed by atoms with van der Waals surface area (Å²) in [6.45, 7) is 6.20. The molecule has 2 saturated heterocycles. The average Bonchev–Trinajstić information content (AvgIpc) is 2.94. The molecule has 0 unspecified atom stereocenters. The molecule has 0 spiro atoms. The first-order valence-electron chi connectivity index (χ1n) is 7.48. The van der Waals surface area contributed by atoms with Crippen molar-refractivity contribution >= 4 is 5.69 Å². The maximum Gasteiger partial charge on any atom is 0.0369 e. The van der Waals surface area contributed by atoms with E-state index in [0.29, 0.717) is 0 Å². The summed E-state index contributed by atoms with van der Waals surface area (Å²) in [5.74, 6) is 0. The lowest BCUT2D eigenvalue weighted by molar-refractivity contribution is 0.221. The quantitative estimate of drug-likeness (QED) is 0.805. The van der Waals surface area contributed by atoms with Crippen LogP contribution in [0.1, 0.15) is 37.7 Å². The molecule has 2 aliphatic heterocycles. The van der Waals surface area contributed by atoms with Crippen LogP contribution in [-0.4, -0.2) is 31.1 Å². The molecule has 0 bridgehead atoms. The smallest absolute Gasteiger partial charge is 0.0369 e. The molecular formula is C16H24N2. The lowest BCUT2D eigenvalue weighted by Crippen LogP contribution is -2.29. The molecule has 0 aromatic heterocycles. The van der Waals surface area contributed by atoms with Crippen molar-refractivity contribution in [1.29, 1.82) is 0 Å². The molecule has 1 aromatic carbocycles. The minimum absolute atomic E-state index is 1.14. The highest BCUT2D eigenvalue weighted by molar-refractivity contribution is 5.49. The molecular weight excluding hydrogens is 220 g/mol. The molecule has 1 aromatic rings. The van der Waals surface area contributed by atoms with Gasteiger partial charge in [-0.25, -0.2) is 0 Å². The third-order valence-corrected chi connectivity index (χ3v) is 4.24. The SMILES string of the molecule is c1cc(CN2CCCCC2)cc(N2CCCC2)c1. The molecule has 18 heavy (non-hydrogen) atoms. The van der Waals surface area contributed by atoms with Gasteiger partial charge in [0.1, 0.15) is 0 Å². The Balaban J connectivity index is 1.66. The fraction of sp³-hybridized carbons (Fsp3) is 0.625. The van der Waals surface area contributed by atoms with Gasteiger partial charge in [-0.05, 0) is 56.5 Å². The van der Waals surface area contributed by atoms with Crippen molar-refractivity contribution in [3.05, 3.63) is 29.8 Å². The molecule has 2 fully saturated rings. The Bertz CT molecular complexity index is 376. The van der Waals surface area contributed by atoms with Crippen molar-refractivity contribution in [1.82, 2.24) is 4.90 Å². The first-order valence-corrected chi connectivity index (χ1v) is 7.48. The molecule has 0 saturated carbocycles. The third kappa shape index (κ3) is 2.86. The molecule has 2 aliphatic rings. The molecule has 0 amide bonds. The van der Waals surface area contributed by atoms with Crippen LogP contribution in [0.15, 0.2) is 24.3 Å². The first kappa shape index (κ1) is 12.0. The van der Waals surface area contributed by atoms with Crippen molar-refractivity contribution in [2.75, 3.05) is 31.1 Å². The van der Waals surface area contributed by atoms with Crippen LogP contribution in [0.4, 0.5) is 5.69 Å². The van der Waals surface area contributed by atoms with Gasteiger partial charge in [-0.15, -0.1) is 0 Å². The van der Waals surface area contributed by atoms with E-state index >= 15 is 0 Å². The van der Waals surface area contributed by atoms with Gasteiger partial charge in [-0.1, -0.05) is 18.6 Å². The van der Waals surface area contributed by atoms with E-state index < -0.39 is 0 Å². The van der Waals surface area contributed by atoms with Gasteiger partial charge in [0, 0.05) is 25.3 Å². The Kier molecular flexibility index (Phi) is 3.84. The zero-order valence-electron chi connectivity index (χ0n) is 11.3. The molecule has 98 valence electrons. The number of hydrogen-bond donors (Lipinski definition) is 0. The summed E-state index contributed by atoms with van der Waals surface area (Å²) in [6.07, 6.45) is 6.90. The highest BCUT2D eigenvalue weighted by Crippen LogP contribution is 2.22. The molecule has 2 heteroatoms. The van der Waals surface area contributed by atoms with Crippen LogP contribution in [0.5, 0.6) is 0 Å². The Morgan fingerprint density at radius 1 is 0.833 bits per heavy atom. The largest absolute Gasteiger partial charge is 0.372 e. The number of hydrogen-bond acceptors (Lipinski definition) is 2. The van der Waals surface area contributed by atoms with E-state index in [-0.39, 0.29) is 0 Å². The van der Waals surface area contributed by atoms with Gasteiger partial charge in [0.15, 0.2) is 0 Å². The van der Waals surface area contributed by atoms with E-state index in [1.165, 1.54) is 69.5 Å². The molecule has 0 atom stereocenters. The predicted molar refractivity (Wildman–Crippen MR) is 77.0 cm³/mol. The van der Waals surface area contributed by atoms with Crippen molar-refractivity contribution < 1.29 is 0 Å². The van der Waals surface area contributed by atoms with Gasteiger partial charge in [0.25, 0.3) is 0 Å². The normalized spacial score (nSPS) is 21.4. The lowest BCUT2D eigenvalue weighted by Gasteiger charge is -2.27. The highest BCUT2D eigenvalue weighted by Gasteiger charge is 2.14. The Labute approximate surface area is 111 Å². The minimum Gasteiger partial charge on any atom is -0.372 e. The topological polar surface area (TPSA) is 6.48 Å². The summed E-state index contributed by atoms with van der Waals surface area (Å²) >= 11 is 0. The van der Waals surface area contributed by atoms with E-state index in [1.807, 2.05) is 0 Å². The van der Waals surface area contributed by atoms with Gasteiger partial charge >= 0.3 is 0 Å². The second-order valence-electron chi connectivity index (χ2n) is 5.70. The second kappa shape index (κ2) is 5.75. The van der Waals surface area contributed by atoms with Gasteiger partial charge in [-0.2, -0.15) is 0 Å². The number of piperidine rings is 1. The van der Waals surface area contributed by atoms with Crippen LogP contribution in [0.3, 0.4) is 0 Å². The van der Waals surface area contributed by atoms with Crippen molar-refractivity contribution in [2.45, 2.75) is 38.6 Å². The molecule has 0 radical (unpaired) electrons. The van der Waals surface area contributed by atoms with Crippen LogP contribution >= 0.6 is 0 Å². The van der Waals surface area contributed by atoms with Gasteiger partial charge < -0.3 is 4.90 Å². The average molecular weight is 244 g/mol. The fourth-order valence-electron chi connectivity index (χ4n) is 3.20. The number of rotatable bonds is 3. The molecule has 0 N–H and O–H groups in total. The van der Waals surface area contributed by atoms with Crippen LogP contribution in [0.25, 0.3) is 0 Å². The van der Waals surface area contributed by atoms with E-state index in [9.17, 15) is 0 Å². The molecule has 2 nitrogen and oxygen atoms in total. The predicted octanol–water partition coefficient (Wildman–Crippen LogP) is 3.27. The molecule has 0 aliphatic carbocycles. The van der Waals surface area contributed by atoms with Crippen molar-refractivity contribution in [3.63, 3.8) is 0 Å². The lowest BCUT2D eigenvalue weighted by atomic mass is 10.1. The first-order chi connectivity index (χ1) is 8.92. The van der Waals surface area contributed by atoms with Gasteiger partial charge in [0.05, 0.1) is 0 Å². The number of benzene rings is 1. The van der Waals surface area contributed by atoms with Crippen molar-refractivity contribution in [2.24, 2.45) is 0 Å². The van der Waals surface area contributed by atoms with E-state index in [1.54, 1.807) is 0 Å².